The molecule has 1 spiro atoms. The molecule has 4 aliphatic rings. The molecule has 0 N–H and O–H groups in total. The summed E-state index contributed by atoms with van der Waals surface area (Å²) in [6.07, 6.45) is 5.06. The fraction of sp³-hybridized carbons (Fsp3) is 0.682. The number of carbonyl (C=O) groups excluding carboxylic acids is 1. The van der Waals surface area contributed by atoms with E-state index in [4.69, 9.17) is 9.47 Å². The van der Waals surface area contributed by atoms with E-state index in [1.807, 2.05) is 23.1 Å². The summed E-state index contributed by atoms with van der Waals surface area (Å²) in [4.78, 5) is 17.4. The third kappa shape index (κ3) is 3.41. The second-order valence-corrected chi connectivity index (χ2v) is 9.12. The third-order valence-electron chi connectivity index (χ3n) is 6.98. The smallest absolute Gasteiger partial charge is 0.253 e. The van der Waals surface area contributed by atoms with Crippen LogP contribution in [-0.2, 0) is 22.7 Å². The first-order valence-electron chi connectivity index (χ1n) is 10.4. The van der Waals surface area contributed by atoms with Crippen LogP contribution in [0, 0.1) is 11.8 Å². The first-order chi connectivity index (χ1) is 13.1. The van der Waals surface area contributed by atoms with Gasteiger partial charge in [0, 0.05) is 31.9 Å². The van der Waals surface area contributed by atoms with E-state index in [-0.39, 0.29) is 11.4 Å². The lowest BCUT2D eigenvalue weighted by Crippen LogP contribution is -2.72. The highest BCUT2D eigenvalue weighted by Crippen LogP contribution is 2.39. The van der Waals surface area contributed by atoms with Gasteiger partial charge in [-0.3, -0.25) is 9.69 Å². The fourth-order valence-corrected chi connectivity index (χ4v) is 4.90. The Morgan fingerprint density at radius 2 is 1.93 bits per heavy atom. The molecule has 3 aliphatic heterocycles. The van der Waals surface area contributed by atoms with E-state index in [9.17, 15) is 4.79 Å². The van der Waals surface area contributed by atoms with E-state index in [1.165, 1.54) is 30.4 Å². The molecule has 5 rings (SSSR count). The quantitative estimate of drug-likeness (QED) is 0.799. The molecule has 1 aliphatic carbocycles. The van der Waals surface area contributed by atoms with Gasteiger partial charge >= 0.3 is 0 Å². The highest BCUT2D eigenvalue weighted by molar-refractivity contribution is 5.95. The van der Waals surface area contributed by atoms with Crippen LogP contribution in [0.2, 0.25) is 0 Å². The summed E-state index contributed by atoms with van der Waals surface area (Å²) in [5.74, 6) is 1.63. The van der Waals surface area contributed by atoms with Gasteiger partial charge in [0.2, 0.25) is 0 Å². The molecule has 0 aromatic heterocycles. The van der Waals surface area contributed by atoms with Crippen molar-refractivity contribution in [3.63, 3.8) is 0 Å². The molecule has 1 amide bonds. The Morgan fingerprint density at radius 3 is 2.74 bits per heavy atom. The second kappa shape index (κ2) is 6.87. The van der Waals surface area contributed by atoms with Crippen LogP contribution in [0.1, 0.15) is 47.2 Å². The summed E-state index contributed by atoms with van der Waals surface area (Å²) < 4.78 is 11.4. The summed E-state index contributed by atoms with van der Waals surface area (Å²) >= 11 is 0. The van der Waals surface area contributed by atoms with Crippen LogP contribution in [0.3, 0.4) is 0 Å². The molecule has 3 heterocycles. The van der Waals surface area contributed by atoms with Crippen LogP contribution in [0.25, 0.3) is 0 Å². The van der Waals surface area contributed by atoms with Gasteiger partial charge in [0.05, 0.1) is 18.8 Å². The topological polar surface area (TPSA) is 42.0 Å². The Kier molecular flexibility index (Phi) is 4.49. The summed E-state index contributed by atoms with van der Waals surface area (Å²) in [6.45, 7) is 5.94. The number of amides is 1. The Morgan fingerprint density at radius 1 is 1.15 bits per heavy atom. The van der Waals surface area contributed by atoms with Crippen LogP contribution in [0.5, 0.6) is 0 Å². The average Bonchev–Trinajstić information content (AvgIpc) is 3.34. The number of nitrogens with zero attached hydrogens (tertiary/aromatic N) is 2. The summed E-state index contributed by atoms with van der Waals surface area (Å²) in [5, 5.41) is 0. The van der Waals surface area contributed by atoms with E-state index in [0.717, 1.165) is 50.8 Å². The van der Waals surface area contributed by atoms with E-state index in [1.54, 1.807) is 0 Å². The number of fused-ring (bicyclic) bond motifs is 1. The minimum atomic E-state index is 0.154. The van der Waals surface area contributed by atoms with Crippen molar-refractivity contribution in [2.75, 3.05) is 39.9 Å². The second-order valence-electron chi connectivity index (χ2n) is 9.12. The summed E-state index contributed by atoms with van der Waals surface area (Å²) in [6, 6.07) is 6.03. The van der Waals surface area contributed by atoms with E-state index >= 15 is 0 Å². The number of likely N-dealkylation sites (N-methyl/N-ethyl adjacent to an activating group) is 1. The minimum Gasteiger partial charge on any atom is -0.381 e. The maximum Gasteiger partial charge on any atom is 0.253 e. The molecule has 5 heteroatoms. The van der Waals surface area contributed by atoms with Crippen molar-refractivity contribution in [3.8, 4) is 0 Å². The Hall–Kier alpha value is -1.43. The van der Waals surface area contributed by atoms with Crippen molar-refractivity contribution >= 4 is 5.91 Å². The molecule has 27 heavy (non-hydrogen) atoms. The van der Waals surface area contributed by atoms with Gasteiger partial charge in [0.15, 0.2) is 0 Å². The predicted octanol–water partition coefficient (Wildman–Crippen LogP) is 2.68. The van der Waals surface area contributed by atoms with Crippen molar-refractivity contribution in [2.45, 2.75) is 44.4 Å². The molecule has 2 saturated heterocycles. The molecule has 3 fully saturated rings. The van der Waals surface area contributed by atoms with E-state index < -0.39 is 0 Å². The molecule has 1 aromatic rings. The number of hydrogen-bond acceptors (Lipinski definition) is 4. The number of ether oxygens (including phenoxy) is 2. The predicted molar refractivity (Wildman–Crippen MR) is 102 cm³/mol. The zero-order chi connectivity index (χ0) is 18.4. The normalized spacial score (nSPS) is 26.9. The van der Waals surface area contributed by atoms with Crippen molar-refractivity contribution in [1.29, 1.82) is 0 Å². The fourth-order valence-electron chi connectivity index (χ4n) is 4.90. The van der Waals surface area contributed by atoms with Crippen molar-refractivity contribution in [2.24, 2.45) is 11.8 Å². The standard InChI is InChI=1S/C22H30N2O3/c1-23-7-6-17(11-26-10-16-2-3-16)9-22(23)14-24(15-22)21(25)18-4-5-19-12-27-13-20(19)8-18/h4-5,8,16-17H,2-3,6-7,9-15H2,1H3. The molecular weight excluding hydrogens is 340 g/mol. The summed E-state index contributed by atoms with van der Waals surface area (Å²) in [7, 11) is 2.22. The van der Waals surface area contributed by atoms with Gasteiger partial charge in [-0.25, -0.2) is 0 Å². The first kappa shape index (κ1) is 17.7. The van der Waals surface area contributed by atoms with Crippen LogP contribution < -0.4 is 0 Å². The Bertz CT molecular complexity index is 724. The molecule has 0 radical (unpaired) electrons. The number of hydrogen-bond donors (Lipinski definition) is 0. The number of carbonyl (C=O) groups is 1. The van der Waals surface area contributed by atoms with Crippen LogP contribution in [0.15, 0.2) is 18.2 Å². The zero-order valence-electron chi connectivity index (χ0n) is 16.3. The van der Waals surface area contributed by atoms with Crippen LogP contribution in [0.4, 0.5) is 0 Å². The number of piperidine rings is 1. The van der Waals surface area contributed by atoms with Gasteiger partial charge in [-0.1, -0.05) is 6.07 Å². The van der Waals surface area contributed by atoms with Crippen LogP contribution in [-0.4, -0.2) is 61.1 Å². The maximum atomic E-state index is 12.9. The first-order valence-corrected chi connectivity index (χ1v) is 10.4. The minimum absolute atomic E-state index is 0.154. The lowest BCUT2D eigenvalue weighted by atomic mass is 9.75. The molecule has 1 atom stereocenters. The van der Waals surface area contributed by atoms with Crippen LogP contribution >= 0.6 is 0 Å². The van der Waals surface area contributed by atoms with Gasteiger partial charge in [0.25, 0.3) is 5.91 Å². The van der Waals surface area contributed by atoms with Gasteiger partial charge in [-0.05, 0) is 74.4 Å². The number of rotatable bonds is 5. The van der Waals surface area contributed by atoms with Crippen molar-refractivity contribution in [3.05, 3.63) is 34.9 Å². The van der Waals surface area contributed by atoms with E-state index in [2.05, 4.69) is 11.9 Å². The SMILES string of the molecule is CN1CCC(COCC2CC2)CC12CN(C(=O)c1ccc3c(c1)COC3)C2. The number of likely N-dealkylation sites (tertiary alicyclic amines) is 2. The summed E-state index contributed by atoms with van der Waals surface area (Å²) in [5.41, 5.74) is 3.34. The largest absolute Gasteiger partial charge is 0.381 e. The molecule has 1 aromatic carbocycles. The van der Waals surface area contributed by atoms with Gasteiger partial charge in [0.1, 0.15) is 0 Å². The van der Waals surface area contributed by atoms with Gasteiger partial charge in [-0.2, -0.15) is 0 Å². The zero-order valence-corrected chi connectivity index (χ0v) is 16.3. The molecule has 1 unspecified atom stereocenters. The van der Waals surface area contributed by atoms with Gasteiger partial charge < -0.3 is 14.4 Å². The third-order valence-corrected chi connectivity index (χ3v) is 6.98. The highest BCUT2D eigenvalue weighted by atomic mass is 16.5. The van der Waals surface area contributed by atoms with Gasteiger partial charge in [-0.15, -0.1) is 0 Å². The van der Waals surface area contributed by atoms with Crippen molar-refractivity contribution < 1.29 is 14.3 Å². The van der Waals surface area contributed by atoms with E-state index in [0.29, 0.717) is 19.1 Å². The molecule has 5 nitrogen and oxygen atoms in total. The Balaban J connectivity index is 1.19. The number of benzene rings is 1. The lowest BCUT2D eigenvalue weighted by molar-refractivity contribution is -0.0761. The molecule has 1 saturated carbocycles. The molecule has 0 bridgehead atoms. The molecular formula is C22H30N2O3. The average molecular weight is 370 g/mol. The lowest BCUT2D eigenvalue weighted by Gasteiger charge is -2.58. The Labute approximate surface area is 161 Å². The van der Waals surface area contributed by atoms with Crippen molar-refractivity contribution in [1.82, 2.24) is 9.80 Å². The molecule has 146 valence electrons. The monoisotopic (exact) mass is 370 g/mol. The highest BCUT2D eigenvalue weighted by Gasteiger charge is 2.51. The maximum absolute atomic E-state index is 12.9.